The summed E-state index contributed by atoms with van der Waals surface area (Å²) in [5.41, 5.74) is 2.85. The Hall–Kier alpha value is -3.19. The van der Waals surface area contributed by atoms with Crippen LogP contribution in [-0.2, 0) is 19.7 Å². The predicted molar refractivity (Wildman–Crippen MR) is 112 cm³/mol. The van der Waals surface area contributed by atoms with Crippen molar-refractivity contribution >= 4 is 5.91 Å². The van der Waals surface area contributed by atoms with Crippen molar-refractivity contribution in [1.82, 2.24) is 20.4 Å². The van der Waals surface area contributed by atoms with Gasteiger partial charge in [-0.1, -0.05) is 41.6 Å². The number of nitrogens with zero attached hydrogens (tertiary/aromatic N) is 3. The lowest BCUT2D eigenvalue weighted by Crippen LogP contribution is -2.23. The van der Waals surface area contributed by atoms with E-state index in [0.29, 0.717) is 29.6 Å². The maximum Gasteiger partial charge on any atom is 0.255 e. The SMILES string of the molecule is Cc1nc(COc2ccccc2C(=O)NCc2ccc(CN3CCCC3)cc2)no1. The number of rotatable bonds is 8. The van der Waals surface area contributed by atoms with Crippen molar-refractivity contribution in [2.75, 3.05) is 13.1 Å². The third-order valence-corrected chi connectivity index (χ3v) is 5.14. The predicted octanol–water partition coefficient (Wildman–Crippen LogP) is 3.48. The number of hydrogen-bond acceptors (Lipinski definition) is 6. The Morgan fingerprint density at radius 1 is 1.10 bits per heavy atom. The lowest BCUT2D eigenvalue weighted by molar-refractivity contribution is 0.0946. The zero-order valence-corrected chi connectivity index (χ0v) is 17.1. The zero-order valence-electron chi connectivity index (χ0n) is 17.1. The van der Waals surface area contributed by atoms with E-state index in [4.69, 9.17) is 9.26 Å². The number of benzene rings is 2. The van der Waals surface area contributed by atoms with Crippen LogP contribution in [0.15, 0.2) is 53.1 Å². The van der Waals surface area contributed by atoms with Crippen molar-refractivity contribution in [2.45, 2.75) is 39.5 Å². The molecule has 1 fully saturated rings. The molecule has 0 unspecified atom stereocenters. The van der Waals surface area contributed by atoms with E-state index in [-0.39, 0.29) is 12.5 Å². The first-order chi connectivity index (χ1) is 14.7. The maximum atomic E-state index is 12.7. The second-order valence-corrected chi connectivity index (χ2v) is 7.50. The van der Waals surface area contributed by atoms with Gasteiger partial charge in [-0.3, -0.25) is 9.69 Å². The standard InChI is InChI=1S/C23H26N4O3/c1-17-25-22(26-30-17)16-29-21-7-3-2-6-20(21)23(28)24-14-18-8-10-19(11-9-18)15-27-12-4-5-13-27/h2-3,6-11H,4-5,12-16H2,1H3,(H,24,28). The van der Waals surface area contributed by atoms with Crippen molar-refractivity contribution in [3.63, 3.8) is 0 Å². The number of carbonyl (C=O) groups is 1. The number of carbonyl (C=O) groups excluding carboxylic acids is 1. The minimum atomic E-state index is -0.184. The van der Waals surface area contributed by atoms with Crippen LogP contribution in [0.2, 0.25) is 0 Å². The zero-order chi connectivity index (χ0) is 20.8. The second kappa shape index (κ2) is 9.54. The number of amides is 1. The maximum absolute atomic E-state index is 12.7. The van der Waals surface area contributed by atoms with Crippen molar-refractivity contribution < 1.29 is 14.1 Å². The molecule has 1 aliphatic rings. The summed E-state index contributed by atoms with van der Waals surface area (Å²) >= 11 is 0. The van der Waals surface area contributed by atoms with Gasteiger partial charge in [0.05, 0.1) is 5.56 Å². The summed E-state index contributed by atoms with van der Waals surface area (Å²) in [5, 5.41) is 6.78. The molecule has 1 saturated heterocycles. The van der Waals surface area contributed by atoms with Gasteiger partial charge in [0.1, 0.15) is 5.75 Å². The molecule has 30 heavy (non-hydrogen) atoms. The molecule has 7 heteroatoms. The Kier molecular flexibility index (Phi) is 6.39. The molecule has 3 aromatic rings. The molecule has 0 spiro atoms. The largest absolute Gasteiger partial charge is 0.485 e. The first kappa shape index (κ1) is 20.1. The van der Waals surface area contributed by atoms with Gasteiger partial charge in [0, 0.05) is 20.0 Å². The van der Waals surface area contributed by atoms with E-state index >= 15 is 0 Å². The number of hydrogen-bond donors (Lipinski definition) is 1. The van der Waals surface area contributed by atoms with Crippen molar-refractivity contribution in [1.29, 1.82) is 0 Å². The van der Waals surface area contributed by atoms with Gasteiger partial charge < -0.3 is 14.6 Å². The molecule has 1 N–H and O–H groups in total. The lowest BCUT2D eigenvalue weighted by Gasteiger charge is -2.15. The highest BCUT2D eigenvalue weighted by molar-refractivity contribution is 5.96. The van der Waals surface area contributed by atoms with Gasteiger partial charge >= 0.3 is 0 Å². The Morgan fingerprint density at radius 3 is 2.57 bits per heavy atom. The van der Waals surface area contributed by atoms with Crippen LogP contribution in [0, 0.1) is 6.92 Å². The number of ether oxygens (including phenoxy) is 1. The third-order valence-electron chi connectivity index (χ3n) is 5.14. The molecule has 156 valence electrons. The summed E-state index contributed by atoms with van der Waals surface area (Å²) in [7, 11) is 0. The van der Waals surface area contributed by atoms with Crippen LogP contribution in [0.25, 0.3) is 0 Å². The molecule has 0 radical (unpaired) electrons. The molecule has 7 nitrogen and oxygen atoms in total. The highest BCUT2D eigenvalue weighted by atomic mass is 16.5. The molecule has 2 heterocycles. The minimum absolute atomic E-state index is 0.139. The smallest absolute Gasteiger partial charge is 0.255 e. The Labute approximate surface area is 176 Å². The van der Waals surface area contributed by atoms with E-state index in [9.17, 15) is 4.79 Å². The first-order valence-electron chi connectivity index (χ1n) is 10.3. The third kappa shape index (κ3) is 5.24. The number of likely N-dealkylation sites (tertiary alicyclic amines) is 1. The highest BCUT2D eigenvalue weighted by Crippen LogP contribution is 2.19. The number of nitrogens with one attached hydrogen (secondary N) is 1. The first-order valence-corrected chi connectivity index (χ1v) is 10.3. The molecule has 0 atom stereocenters. The molecule has 1 aliphatic heterocycles. The van der Waals surface area contributed by atoms with Gasteiger partial charge in [-0.05, 0) is 49.2 Å². The van der Waals surface area contributed by atoms with E-state index in [0.717, 1.165) is 12.1 Å². The van der Waals surface area contributed by atoms with E-state index < -0.39 is 0 Å². The highest BCUT2D eigenvalue weighted by Gasteiger charge is 2.14. The Balaban J connectivity index is 1.32. The van der Waals surface area contributed by atoms with Crippen molar-refractivity contribution in [2.24, 2.45) is 0 Å². The monoisotopic (exact) mass is 406 g/mol. The normalized spacial score (nSPS) is 14.0. The van der Waals surface area contributed by atoms with E-state index in [1.807, 2.05) is 12.1 Å². The fourth-order valence-corrected chi connectivity index (χ4v) is 3.56. The fraction of sp³-hybridized carbons (Fsp3) is 0.348. The van der Waals surface area contributed by atoms with Gasteiger partial charge in [-0.15, -0.1) is 0 Å². The van der Waals surface area contributed by atoms with Crippen LogP contribution in [0.1, 0.15) is 46.0 Å². The molecule has 1 amide bonds. The summed E-state index contributed by atoms with van der Waals surface area (Å²) in [6.45, 7) is 5.69. The minimum Gasteiger partial charge on any atom is -0.485 e. The molecular formula is C23H26N4O3. The molecule has 1 aromatic heterocycles. The molecule has 4 rings (SSSR count). The van der Waals surface area contributed by atoms with Crippen LogP contribution in [0.4, 0.5) is 0 Å². The Bertz CT molecular complexity index is 978. The molecule has 2 aromatic carbocycles. The van der Waals surface area contributed by atoms with E-state index in [1.54, 1.807) is 19.1 Å². The summed E-state index contributed by atoms with van der Waals surface area (Å²) in [5.74, 6) is 1.22. The van der Waals surface area contributed by atoms with E-state index in [1.165, 1.54) is 31.5 Å². The molecule has 0 saturated carbocycles. The topological polar surface area (TPSA) is 80.5 Å². The summed E-state index contributed by atoms with van der Waals surface area (Å²) in [6.07, 6.45) is 2.59. The van der Waals surface area contributed by atoms with Gasteiger partial charge in [0.2, 0.25) is 11.7 Å². The molecular weight excluding hydrogens is 380 g/mol. The molecule has 0 bridgehead atoms. The van der Waals surface area contributed by atoms with Crippen LogP contribution < -0.4 is 10.1 Å². The Morgan fingerprint density at radius 2 is 1.83 bits per heavy atom. The van der Waals surface area contributed by atoms with Gasteiger partial charge in [0.25, 0.3) is 5.91 Å². The second-order valence-electron chi connectivity index (χ2n) is 7.50. The van der Waals surface area contributed by atoms with Gasteiger partial charge in [-0.25, -0.2) is 0 Å². The van der Waals surface area contributed by atoms with Crippen LogP contribution in [0.5, 0.6) is 5.75 Å². The van der Waals surface area contributed by atoms with Crippen LogP contribution in [-0.4, -0.2) is 34.0 Å². The average Bonchev–Trinajstić information content (AvgIpc) is 3.43. The summed E-state index contributed by atoms with van der Waals surface area (Å²) in [4.78, 5) is 19.3. The summed E-state index contributed by atoms with van der Waals surface area (Å²) in [6, 6.07) is 15.6. The number of aromatic nitrogens is 2. The fourth-order valence-electron chi connectivity index (χ4n) is 3.56. The van der Waals surface area contributed by atoms with Crippen LogP contribution >= 0.6 is 0 Å². The number of aryl methyl sites for hydroxylation is 1. The average molecular weight is 406 g/mol. The molecule has 0 aliphatic carbocycles. The lowest BCUT2D eigenvalue weighted by atomic mass is 10.1. The van der Waals surface area contributed by atoms with Crippen molar-refractivity contribution in [3.05, 3.63) is 76.9 Å². The van der Waals surface area contributed by atoms with Crippen LogP contribution in [0.3, 0.4) is 0 Å². The quantitative estimate of drug-likeness (QED) is 0.617. The summed E-state index contributed by atoms with van der Waals surface area (Å²) < 4.78 is 10.7. The van der Waals surface area contributed by atoms with Gasteiger partial charge in [0.15, 0.2) is 6.61 Å². The van der Waals surface area contributed by atoms with Crippen molar-refractivity contribution in [3.8, 4) is 5.75 Å². The van der Waals surface area contributed by atoms with Gasteiger partial charge in [-0.2, -0.15) is 4.98 Å². The number of para-hydroxylation sites is 1. The van der Waals surface area contributed by atoms with E-state index in [2.05, 4.69) is 44.6 Å².